The van der Waals surface area contributed by atoms with E-state index in [1.807, 2.05) is 25.7 Å². The lowest BCUT2D eigenvalue weighted by molar-refractivity contribution is -0.0564. The van der Waals surface area contributed by atoms with Crippen molar-refractivity contribution in [2.75, 3.05) is 32.8 Å². The van der Waals surface area contributed by atoms with Crippen LogP contribution in [-0.4, -0.2) is 60.5 Å². The number of rotatable bonds is 1. The van der Waals surface area contributed by atoms with Gasteiger partial charge in [0, 0.05) is 19.6 Å². The van der Waals surface area contributed by atoms with E-state index >= 15 is 0 Å². The minimum absolute atomic E-state index is 0.177. The van der Waals surface area contributed by atoms with Gasteiger partial charge in [-0.05, 0) is 40.0 Å². The second-order valence-corrected chi connectivity index (χ2v) is 6.30. The molecule has 0 radical (unpaired) electrons. The number of ether oxygens (including phenoxy) is 2. The number of nitrogens with zero attached hydrogens (tertiary/aromatic N) is 2. The first-order valence-electron chi connectivity index (χ1n) is 7.29. The summed E-state index contributed by atoms with van der Waals surface area (Å²) in [5.74, 6) is 0. The number of hydrogen-bond donors (Lipinski definition) is 0. The van der Waals surface area contributed by atoms with Crippen molar-refractivity contribution < 1.29 is 14.3 Å². The number of carbonyl (C=O) groups excluding carboxylic acids is 1. The Bertz CT molecular complexity index is 308. The van der Waals surface area contributed by atoms with E-state index in [1.165, 1.54) is 6.42 Å². The normalized spacial score (nSPS) is 26.3. The molecule has 0 bridgehead atoms. The summed E-state index contributed by atoms with van der Waals surface area (Å²) in [6, 6.07) is 0. The van der Waals surface area contributed by atoms with Crippen molar-refractivity contribution in [3.63, 3.8) is 0 Å². The topological polar surface area (TPSA) is 42.0 Å². The minimum Gasteiger partial charge on any atom is -0.444 e. The summed E-state index contributed by atoms with van der Waals surface area (Å²) in [5, 5.41) is 0. The van der Waals surface area contributed by atoms with Crippen LogP contribution in [0.5, 0.6) is 0 Å². The zero-order valence-corrected chi connectivity index (χ0v) is 12.4. The molecule has 0 aliphatic carbocycles. The summed E-state index contributed by atoms with van der Waals surface area (Å²) < 4.78 is 10.9. The average molecular weight is 270 g/mol. The molecule has 5 heteroatoms. The van der Waals surface area contributed by atoms with Crippen molar-refractivity contribution in [1.82, 2.24) is 9.80 Å². The summed E-state index contributed by atoms with van der Waals surface area (Å²) >= 11 is 0. The molecule has 0 aromatic carbocycles. The van der Waals surface area contributed by atoms with Crippen molar-refractivity contribution >= 4 is 6.09 Å². The molecule has 0 saturated carbocycles. The van der Waals surface area contributed by atoms with E-state index in [-0.39, 0.29) is 12.3 Å². The molecule has 5 nitrogen and oxygen atoms in total. The molecular weight excluding hydrogens is 244 g/mol. The van der Waals surface area contributed by atoms with Gasteiger partial charge in [-0.15, -0.1) is 0 Å². The molecule has 2 rings (SSSR count). The number of morpholine rings is 1. The van der Waals surface area contributed by atoms with Gasteiger partial charge in [0.15, 0.2) is 0 Å². The smallest absolute Gasteiger partial charge is 0.411 e. The van der Waals surface area contributed by atoms with Gasteiger partial charge >= 0.3 is 6.09 Å². The Morgan fingerprint density at radius 1 is 1.16 bits per heavy atom. The molecule has 1 unspecified atom stereocenters. The quantitative estimate of drug-likeness (QED) is 0.731. The van der Waals surface area contributed by atoms with Gasteiger partial charge in [0.25, 0.3) is 0 Å². The SMILES string of the molecule is CC(C)(C)OC(=O)N1CCCCC1N1CCOCC1. The third kappa shape index (κ3) is 4.08. The first-order chi connectivity index (χ1) is 8.97. The van der Waals surface area contributed by atoms with Crippen LogP contribution in [0.3, 0.4) is 0 Å². The number of amides is 1. The highest BCUT2D eigenvalue weighted by Gasteiger charge is 2.34. The molecule has 0 spiro atoms. The van der Waals surface area contributed by atoms with E-state index < -0.39 is 5.60 Å². The Hall–Kier alpha value is -0.810. The van der Waals surface area contributed by atoms with E-state index in [1.54, 1.807) is 0 Å². The van der Waals surface area contributed by atoms with Crippen LogP contribution >= 0.6 is 0 Å². The third-order valence-electron chi connectivity index (χ3n) is 3.57. The highest BCUT2D eigenvalue weighted by molar-refractivity contribution is 5.68. The van der Waals surface area contributed by atoms with Gasteiger partial charge in [-0.25, -0.2) is 4.79 Å². The molecule has 0 aromatic heterocycles. The van der Waals surface area contributed by atoms with Gasteiger partial charge < -0.3 is 9.47 Å². The fourth-order valence-corrected chi connectivity index (χ4v) is 2.70. The van der Waals surface area contributed by atoms with E-state index in [9.17, 15) is 4.79 Å². The van der Waals surface area contributed by atoms with E-state index in [0.29, 0.717) is 0 Å². The van der Waals surface area contributed by atoms with Crippen LogP contribution in [0.2, 0.25) is 0 Å². The molecular formula is C14H26N2O3. The number of hydrogen-bond acceptors (Lipinski definition) is 4. The van der Waals surface area contributed by atoms with Crippen LogP contribution in [-0.2, 0) is 9.47 Å². The second kappa shape index (κ2) is 6.09. The van der Waals surface area contributed by atoms with Crippen LogP contribution in [0, 0.1) is 0 Å². The first kappa shape index (κ1) is 14.6. The number of piperidine rings is 1. The molecule has 2 heterocycles. The van der Waals surface area contributed by atoms with Gasteiger partial charge in [0.1, 0.15) is 5.60 Å². The fraction of sp³-hybridized carbons (Fsp3) is 0.929. The third-order valence-corrected chi connectivity index (χ3v) is 3.57. The largest absolute Gasteiger partial charge is 0.444 e. The number of carbonyl (C=O) groups is 1. The van der Waals surface area contributed by atoms with Gasteiger partial charge in [-0.3, -0.25) is 9.80 Å². The Balaban J connectivity index is 2.00. The van der Waals surface area contributed by atoms with Gasteiger partial charge in [0.05, 0.1) is 19.4 Å². The molecule has 2 aliphatic heterocycles. The molecule has 1 atom stereocenters. The zero-order valence-electron chi connectivity index (χ0n) is 12.4. The predicted octanol–water partition coefficient (Wildman–Crippen LogP) is 2.07. The summed E-state index contributed by atoms with van der Waals surface area (Å²) in [7, 11) is 0. The van der Waals surface area contributed by atoms with Crippen LogP contribution in [0.15, 0.2) is 0 Å². The maximum atomic E-state index is 12.3. The van der Waals surface area contributed by atoms with Crippen LogP contribution in [0.1, 0.15) is 40.0 Å². The Labute approximate surface area is 115 Å². The summed E-state index contributed by atoms with van der Waals surface area (Å²) in [6.07, 6.45) is 3.30. The van der Waals surface area contributed by atoms with Gasteiger partial charge in [-0.1, -0.05) is 0 Å². The maximum Gasteiger partial charge on any atom is 0.411 e. The molecule has 0 aromatic rings. The van der Waals surface area contributed by atoms with Crippen molar-refractivity contribution in [1.29, 1.82) is 0 Å². The van der Waals surface area contributed by atoms with Crippen LogP contribution in [0.4, 0.5) is 4.79 Å². The van der Waals surface area contributed by atoms with Crippen LogP contribution < -0.4 is 0 Å². The molecule has 110 valence electrons. The Kier molecular flexibility index (Phi) is 4.68. The molecule has 2 saturated heterocycles. The van der Waals surface area contributed by atoms with Gasteiger partial charge in [0.2, 0.25) is 0 Å². The summed E-state index contributed by atoms with van der Waals surface area (Å²) in [5.41, 5.74) is -0.426. The summed E-state index contributed by atoms with van der Waals surface area (Å²) in [4.78, 5) is 16.6. The number of likely N-dealkylation sites (tertiary alicyclic amines) is 1. The standard InChI is InChI=1S/C14H26N2O3/c1-14(2,3)19-13(17)16-7-5-4-6-12(16)15-8-10-18-11-9-15/h12H,4-11H2,1-3H3. The second-order valence-electron chi connectivity index (χ2n) is 6.30. The Morgan fingerprint density at radius 3 is 2.47 bits per heavy atom. The highest BCUT2D eigenvalue weighted by Crippen LogP contribution is 2.23. The molecule has 2 aliphatic rings. The molecule has 2 fully saturated rings. The molecule has 0 N–H and O–H groups in total. The lowest BCUT2D eigenvalue weighted by atomic mass is 10.1. The molecule has 19 heavy (non-hydrogen) atoms. The predicted molar refractivity (Wildman–Crippen MR) is 73.0 cm³/mol. The van der Waals surface area contributed by atoms with E-state index in [0.717, 1.165) is 45.7 Å². The lowest BCUT2D eigenvalue weighted by Crippen LogP contribution is -2.56. The monoisotopic (exact) mass is 270 g/mol. The van der Waals surface area contributed by atoms with Crippen molar-refractivity contribution in [3.05, 3.63) is 0 Å². The highest BCUT2D eigenvalue weighted by atomic mass is 16.6. The Morgan fingerprint density at radius 2 is 1.84 bits per heavy atom. The minimum atomic E-state index is -0.426. The first-order valence-corrected chi connectivity index (χ1v) is 7.29. The van der Waals surface area contributed by atoms with E-state index in [2.05, 4.69) is 4.90 Å². The summed E-state index contributed by atoms with van der Waals surface area (Å²) in [6.45, 7) is 9.89. The van der Waals surface area contributed by atoms with Crippen molar-refractivity contribution in [3.8, 4) is 0 Å². The molecule has 1 amide bonds. The zero-order chi connectivity index (χ0) is 13.9. The van der Waals surface area contributed by atoms with Gasteiger partial charge in [-0.2, -0.15) is 0 Å². The fourth-order valence-electron chi connectivity index (χ4n) is 2.70. The van der Waals surface area contributed by atoms with Crippen LogP contribution in [0.25, 0.3) is 0 Å². The maximum absolute atomic E-state index is 12.3. The van der Waals surface area contributed by atoms with Crippen molar-refractivity contribution in [2.45, 2.75) is 51.8 Å². The lowest BCUT2D eigenvalue weighted by Gasteiger charge is -2.44. The van der Waals surface area contributed by atoms with Crippen molar-refractivity contribution in [2.24, 2.45) is 0 Å². The average Bonchev–Trinajstić information content (AvgIpc) is 2.38. The van der Waals surface area contributed by atoms with E-state index in [4.69, 9.17) is 9.47 Å².